The first kappa shape index (κ1) is 19.8. The fourth-order valence-electron chi connectivity index (χ4n) is 3.69. The zero-order valence-electron chi connectivity index (χ0n) is 16.8. The number of nitrogens with one attached hydrogen (secondary N) is 1. The van der Waals surface area contributed by atoms with E-state index in [2.05, 4.69) is 79.6 Å². The van der Waals surface area contributed by atoms with Gasteiger partial charge in [0.1, 0.15) is 0 Å². The molecule has 0 radical (unpaired) electrons. The fraction of sp³-hybridized carbons (Fsp3) is 0.391. The van der Waals surface area contributed by atoms with Crippen molar-refractivity contribution in [2.75, 3.05) is 27.2 Å². The Kier molecular flexibility index (Phi) is 6.46. The highest BCUT2D eigenvalue weighted by Crippen LogP contribution is 2.34. The summed E-state index contributed by atoms with van der Waals surface area (Å²) in [4.78, 5) is 4.55. The molecule has 1 unspecified atom stereocenters. The van der Waals surface area contributed by atoms with Gasteiger partial charge in [-0.3, -0.25) is 5.32 Å². The molecule has 1 atom stereocenters. The minimum absolute atomic E-state index is 0.214. The molecule has 1 aromatic rings. The van der Waals surface area contributed by atoms with Crippen LogP contribution in [0, 0.1) is 0 Å². The van der Waals surface area contributed by atoms with Crippen LogP contribution in [0.15, 0.2) is 65.4 Å². The zero-order valence-corrected chi connectivity index (χ0v) is 17.6. The molecule has 4 heteroatoms. The summed E-state index contributed by atoms with van der Waals surface area (Å²) in [5, 5.41) is 4.42. The first-order chi connectivity index (χ1) is 13.0. The van der Waals surface area contributed by atoms with Gasteiger partial charge in [0.05, 0.1) is 11.9 Å². The maximum absolute atomic E-state index is 6.29. The summed E-state index contributed by atoms with van der Waals surface area (Å²) >= 11 is 6.29. The topological polar surface area (TPSA) is 18.5 Å². The van der Waals surface area contributed by atoms with Crippen molar-refractivity contribution in [3.8, 4) is 0 Å². The van der Waals surface area contributed by atoms with Gasteiger partial charge >= 0.3 is 0 Å². The van der Waals surface area contributed by atoms with Crippen LogP contribution >= 0.6 is 11.6 Å². The van der Waals surface area contributed by atoms with E-state index in [4.69, 9.17) is 11.6 Å². The molecule has 0 fully saturated rings. The monoisotopic (exact) mass is 383 g/mol. The number of benzene rings is 1. The van der Waals surface area contributed by atoms with Gasteiger partial charge < -0.3 is 9.80 Å². The molecule has 3 nitrogen and oxygen atoms in total. The van der Waals surface area contributed by atoms with Crippen LogP contribution in [0.1, 0.15) is 32.3 Å². The van der Waals surface area contributed by atoms with E-state index in [1.165, 1.54) is 35.3 Å². The van der Waals surface area contributed by atoms with Crippen LogP contribution in [0.5, 0.6) is 0 Å². The van der Waals surface area contributed by atoms with Crippen LogP contribution in [-0.2, 0) is 0 Å². The number of unbranched alkanes of at least 4 members (excludes halogenated alkanes) is 1. The quantitative estimate of drug-likeness (QED) is 0.694. The van der Waals surface area contributed by atoms with Crippen molar-refractivity contribution in [3.05, 3.63) is 76.0 Å². The van der Waals surface area contributed by atoms with Crippen LogP contribution in [0.2, 0.25) is 5.02 Å². The molecule has 2 heterocycles. The fourth-order valence-corrected chi connectivity index (χ4v) is 3.88. The third-order valence-electron chi connectivity index (χ3n) is 5.07. The Morgan fingerprint density at radius 3 is 2.81 bits per heavy atom. The molecule has 0 saturated heterocycles. The SMILES string of the molecule is CCCCNC1C=C(C2=C(c3cccc(Cl)c3)N(C)CC(C)=C2)C=CN1C. The van der Waals surface area contributed by atoms with E-state index in [0.29, 0.717) is 0 Å². The maximum atomic E-state index is 6.29. The largest absolute Gasteiger partial charge is 0.370 e. The lowest BCUT2D eigenvalue weighted by molar-refractivity contribution is 0.321. The predicted octanol–water partition coefficient (Wildman–Crippen LogP) is 5.04. The van der Waals surface area contributed by atoms with Gasteiger partial charge in [-0.2, -0.15) is 0 Å². The van der Waals surface area contributed by atoms with Crippen molar-refractivity contribution in [1.29, 1.82) is 0 Å². The first-order valence-electron chi connectivity index (χ1n) is 9.74. The molecule has 2 aliphatic heterocycles. The molecule has 0 saturated carbocycles. The molecule has 144 valence electrons. The van der Waals surface area contributed by atoms with Crippen LogP contribution in [0.4, 0.5) is 0 Å². The standard InChI is InChI=1S/C23H30ClN3/c1-5-6-11-25-22-15-18(10-12-26(22)3)21-13-17(2)16-27(4)23(21)19-8-7-9-20(24)14-19/h7-10,12-15,22,25H,5-6,11,16H2,1-4H3. The number of rotatable bonds is 6. The Balaban J connectivity index is 2.02. The Hall–Kier alpha value is -1.97. The average molecular weight is 384 g/mol. The van der Waals surface area contributed by atoms with Crippen molar-refractivity contribution >= 4 is 17.3 Å². The van der Waals surface area contributed by atoms with E-state index >= 15 is 0 Å². The molecule has 0 bridgehead atoms. The lowest BCUT2D eigenvalue weighted by atomic mass is 9.92. The molecule has 1 N–H and O–H groups in total. The number of likely N-dealkylation sites (N-methyl/N-ethyl adjacent to an activating group) is 2. The van der Waals surface area contributed by atoms with E-state index in [9.17, 15) is 0 Å². The van der Waals surface area contributed by atoms with Crippen LogP contribution in [0.3, 0.4) is 0 Å². The van der Waals surface area contributed by atoms with E-state index in [1.807, 2.05) is 12.1 Å². The number of halogens is 1. The van der Waals surface area contributed by atoms with Gasteiger partial charge in [-0.15, -0.1) is 0 Å². The normalized spacial score (nSPS) is 20.1. The third kappa shape index (κ3) is 4.66. The Morgan fingerprint density at radius 2 is 2.07 bits per heavy atom. The van der Waals surface area contributed by atoms with Gasteiger partial charge in [0.2, 0.25) is 0 Å². The highest BCUT2D eigenvalue weighted by atomic mass is 35.5. The average Bonchev–Trinajstić information content (AvgIpc) is 2.63. The van der Waals surface area contributed by atoms with Gasteiger partial charge in [0, 0.05) is 37.4 Å². The second-order valence-corrected chi connectivity index (χ2v) is 7.91. The molecule has 0 aliphatic carbocycles. The summed E-state index contributed by atoms with van der Waals surface area (Å²) < 4.78 is 0. The molecule has 3 rings (SSSR count). The molecule has 0 spiro atoms. The van der Waals surface area contributed by atoms with Gasteiger partial charge in [-0.25, -0.2) is 0 Å². The smallest absolute Gasteiger partial charge is 0.0987 e. The van der Waals surface area contributed by atoms with Crippen molar-refractivity contribution in [2.45, 2.75) is 32.9 Å². The van der Waals surface area contributed by atoms with Crippen molar-refractivity contribution in [2.24, 2.45) is 0 Å². The summed E-state index contributed by atoms with van der Waals surface area (Å²) in [7, 11) is 4.27. The Labute approximate surface area is 168 Å². The molecule has 1 aromatic carbocycles. The number of allylic oxidation sites excluding steroid dienone is 4. The van der Waals surface area contributed by atoms with E-state index in [-0.39, 0.29) is 6.17 Å². The van der Waals surface area contributed by atoms with Gasteiger partial charge in [-0.05, 0) is 55.3 Å². The summed E-state index contributed by atoms with van der Waals surface area (Å²) in [6.45, 7) is 6.38. The van der Waals surface area contributed by atoms with Crippen LogP contribution < -0.4 is 5.32 Å². The van der Waals surface area contributed by atoms with E-state index in [1.54, 1.807) is 0 Å². The lowest BCUT2D eigenvalue weighted by Gasteiger charge is -2.33. The van der Waals surface area contributed by atoms with Crippen molar-refractivity contribution in [3.63, 3.8) is 0 Å². The molecular weight excluding hydrogens is 354 g/mol. The van der Waals surface area contributed by atoms with Crippen LogP contribution in [-0.4, -0.2) is 43.2 Å². The summed E-state index contributed by atoms with van der Waals surface area (Å²) in [6, 6.07) is 8.15. The minimum Gasteiger partial charge on any atom is -0.370 e. The summed E-state index contributed by atoms with van der Waals surface area (Å²) in [5.41, 5.74) is 6.27. The maximum Gasteiger partial charge on any atom is 0.0987 e. The second-order valence-electron chi connectivity index (χ2n) is 7.48. The predicted molar refractivity (Wildman–Crippen MR) is 116 cm³/mol. The van der Waals surface area contributed by atoms with Gasteiger partial charge in [0.25, 0.3) is 0 Å². The van der Waals surface area contributed by atoms with Gasteiger partial charge in [0.15, 0.2) is 0 Å². The Bertz CT molecular complexity index is 804. The summed E-state index contributed by atoms with van der Waals surface area (Å²) in [5.74, 6) is 0. The number of hydrogen-bond donors (Lipinski definition) is 1. The summed E-state index contributed by atoms with van der Waals surface area (Å²) in [6.07, 6.45) is 11.6. The lowest BCUT2D eigenvalue weighted by Crippen LogP contribution is -2.41. The van der Waals surface area contributed by atoms with Crippen molar-refractivity contribution in [1.82, 2.24) is 15.1 Å². The first-order valence-corrected chi connectivity index (χ1v) is 10.1. The third-order valence-corrected chi connectivity index (χ3v) is 5.31. The number of hydrogen-bond acceptors (Lipinski definition) is 3. The second kappa shape index (κ2) is 8.81. The highest BCUT2D eigenvalue weighted by molar-refractivity contribution is 6.30. The van der Waals surface area contributed by atoms with Crippen molar-refractivity contribution < 1.29 is 0 Å². The highest BCUT2D eigenvalue weighted by Gasteiger charge is 2.22. The molecule has 2 aliphatic rings. The molecule has 0 aromatic heterocycles. The molecular formula is C23H30ClN3. The Morgan fingerprint density at radius 1 is 1.26 bits per heavy atom. The molecule has 27 heavy (non-hydrogen) atoms. The van der Waals surface area contributed by atoms with Crippen LogP contribution in [0.25, 0.3) is 5.70 Å². The van der Waals surface area contributed by atoms with E-state index in [0.717, 1.165) is 23.7 Å². The van der Waals surface area contributed by atoms with E-state index < -0.39 is 0 Å². The molecule has 0 amide bonds. The zero-order chi connectivity index (χ0) is 19.4. The minimum atomic E-state index is 0.214. The number of nitrogens with zero attached hydrogens (tertiary/aromatic N) is 2. The van der Waals surface area contributed by atoms with Gasteiger partial charge in [-0.1, -0.05) is 48.7 Å².